The normalized spacial score (nSPS) is 14.7. The van der Waals surface area contributed by atoms with Crippen molar-refractivity contribution in [1.82, 2.24) is 5.32 Å². The summed E-state index contributed by atoms with van der Waals surface area (Å²) in [5.74, 6) is -7.98. The maximum absolute atomic E-state index is 12.3. The van der Waals surface area contributed by atoms with Gasteiger partial charge in [0.15, 0.2) is 0 Å². The maximum Gasteiger partial charge on any atom is 0.463 e. The van der Waals surface area contributed by atoms with E-state index in [0.717, 1.165) is 0 Å². The molecule has 2 N–H and O–H groups in total. The lowest BCUT2D eigenvalue weighted by Crippen LogP contribution is -2.52. The zero-order chi connectivity index (χ0) is 13.0. The summed E-state index contributed by atoms with van der Waals surface area (Å²) in [5.41, 5.74) is 0. The fourth-order valence-corrected chi connectivity index (χ4v) is 0.702. The Hall–Kier alpha value is -0.960. The van der Waals surface area contributed by atoms with Crippen LogP contribution in [-0.4, -0.2) is 49.5 Å². The molecule has 0 aliphatic heterocycles. The van der Waals surface area contributed by atoms with Gasteiger partial charge in [0.1, 0.15) is 0 Å². The number of carbonyl (C=O) groups is 1. The molecule has 4 nitrogen and oxygen atoms in total. The van der Waals surface area contributed by atoms with Gasteiger partial charge in [0.2, 0.25) is 0 Å². The summed E-state index contributed by atoms with van der Waals surface area (Å²) < 4.78 is 64.0. The number of amides is 1. The second kappa shape index (κ2) is 5.39. The topological polar surface area (TPSA) is 58.6 Å². The van der Waals surface area contributed by atoms with Crippen molar-refractivity contribution >= 4 is 5.91 Å². The minimum absolute atomic E-state index is 0.294. The van der Waals surface area contributed by atoms with E-state index in [-0.39, 0.29) is 6.61 Å². The first-order valence-electron chi connectivity index (χ1n) is 4.02. The van der Waals surface area contributed by atoms with Crippen LogP contribution in [0.5, 0.6) is 0 Å². The molecule has 0 aromatic heterocycles. The molecule has 0 aliphatic carbocycles. The number of ether oxygens (including phenoxy) is 1. The van der Waals surface area contributed by atoms with E-state index in [2.05, 4.69) is 4.74 Å². The quantitative estimate of drug-likeness (QED) is 0.691. The molecule has 1 amide bonds. The Labute approximate surface area is 87.4 Å². The summed E-state index contributed by atoms with van der Waals surface area (Å²) in [7, 11) is 1.19. The number of halogens is 5. The zero-order valence-corrected chi connectivity index (χ0v) is 8.15. The van der Waals surface area contributed by atoms with Crippen molar-refractivity contribution in [3.05, 3.63) is 0 Å². The first-order chi connectivity index (χ1) is 7.13. The lowest BCUT2D eigenvalue weighted by Gasteiger charge is -2.19. The molecule has 16 heavy (non-hydrogen) atoms. The summed E-state index contributed by atoms with van der Waals surface area (Å²) >= 11 is 0. The highest BCUT2D eigenvalue weighted by molar-refractivity contribution is 5.84. The first kappa shape index (κ1) is 15.0. The number of hydrogen-bond donors (Lipinski definition) is 2. The number of hydrogen-bond acceptors (Lipinski definition) is 3. The molecule has 0 saturated heterocycles. The Morgan fingerprint density at radius 1 is 1.38 bits per heavy atom. The van der Waals surface area contributed by atoms with E-state index in [9.17, 15) is 26.7 Å². The number of aliphatic hydroxyl groups is 1. The molecule has 0 aromatic carbocycles. The zero-order valence-electron chi connectivity index (χ0n) is 8.15. The third-order valence-electron chi connectivity index (χ3n) is 1.50. The molecule has 0 heterocycles. The predicted molar refractivity (Wildman–Crippen MR) is 41.9 cm³/mol. The summed E-state index contributed by atoms with van der Waals surface area (Å²) in [6.45, 7) is -1.05. The second-order valence-corrected chi connectivity index (χ2v) is 2.89. The van der Waals surface area contributed by atoms with Crippen LogP contribution in [0.4, 0.5) is 22.0 Å². The smallest absolute Gasteiger partial charge is 0.389 e. The van der Waals surface area contributed by atoms with Crippen molar-refractivity contribution in [2.75, 3.05) is 20.3 Å². The van der Waals surface area contributed by atoms with E-state index in [1.165, 1.54) is 12.4 Å². The Kier molecular flexibility index (Phi) is 5.07. The van der Waals surface area contributed by atoms with Gasteiger partial charge in [-0.1, -0.05) is 0 Å². The van der Waals surface area contributed by atoms with Crippen LogP contribution in [0, 0.1) is 0 Å². The van der Waals surface area contributed by atoms with Crippen molar-refractivity contribution in [2.45, 2.75) is 18.2 Å². The lowest BCUT2D eigenvalue weighted by atomic mass is 10.3. The molecule has 0 rings (SSSR count). The number of methoxy groups -OCH3 is 1. The molecular weight excluding hydrogens is 241 g/mol. The average Bonchev–Trinajstić information content (AvgIpc) is 2.12. The van der Waals surface area contributed by atoms with Gasteiger partial charge in [0.25, 0.3) is 5.91 Å². The third kappa shape index (κ3) is 3.89. The van der Waals surface area contributed by atoms with E-state index >= 15 is 0 Å². The number of nitrogens with one attached hydrogen (secondary N) is 1. The number of rotatable bonds is 5. The monoisotopic (exact) mass is 251 g/mol. The van der Waals surface area contributed by atoms with Crippen LogP contribution in [0.2, 0.25) is 0 Å². The average molecular weight is 251 g/mol. The Bertz CT molecular complexity index is 243. The number of carbonyl (C=O) groups excluding carboxylic acids is 1. The van der Waals surface area contributed by atoms with Crippen molar-refractivity contribution in [3.8, 4) is 0 Å². The summed E-state index contributed by atoms with van der Waals surface area (Å²) in [4.78, 5) is 10.5. The SMILES string of the molecule is COCC(O)CNC(=O)C(F)(F)C(F)(F)F. The Morgan fingerprint density at radius 2 is 1.88 bits per heavy atom. The predicted octanol–water partition coefficient (Wildman–Crippen LogP) is 0.307. The largest absolute Gasteiger partial charge is 0.463 e. The van der Waals surface area contributed by atoms with Crippen molar-refractivity contribution in [2.24, 2.45) is 0 Å². The molecule has 0 saturated carbocycles. The van der Waals surface area contributed by atoms with Crippen LogP contribution in [0.25, 0.3) is 0 Å². The fraction of sp³-hybridized carbons (Fsp3) is 0.857. The van der Waals surface area contributed by atoms with E-state index in [0.29, 0.717) is 0 Å². The van der Waals surface area contributed by atoms with E-state index in [1.54, 1.807) is 0 Å². The Morgan fingerprint density at radius 3 is 2.25 bits per heavy atom. The molecular formula is C7H10F5NO3. The minimum Gasteiger partial charge on any atom is -0.389 e. The summed E-state index contributed by atoms with van der Waals surface area (Å²) in [5, 5.41) is 10.2. The Balaban J connectivity index is 4.27. The van der Waals surface area contributed by atoms with Gasteiger partial charge < -0.3 is 15.2 Å². The highest BCUT2D eigenvalue weighted by Crippen LogP contribution is 2.35. The molecule has 96 valence electrons. The van der Waals surface area contributed by atoms with Gasteiger partial charge in [-0.05, 0) is 0 Å². The molecule has 9 heteroatoms. The molecule has 0 bridgehead atoms. The third-order valence-corrected chi connectivity index (χ3v) is 1.50. The van der Waals surface area contributed by atoms with Crippen LogP contribution in [0.15, 0.2) is 0 Å². The highest BCUT2D eigenvalue weighted by atomic mass is 19.4. The van der Waals surface area contributed by atoms with Crippen molar-refractivity contribution < 1.29 is 36.6 Å². The van der Waals surface area contributed by atoms with Gasteiger partial charge in [-0.25, -0.2) is 0 Å². The minimum atomic E-state index is -5.96. The van der Waals surface area contributed by atoms with Gasteiger partial charge in [-0.2, -0.15) is 22.0 Å². The molecule has 0 aromatic rings. The van der Waals surface area contributed by atoms with Crippen LogP contribution >= 0.6 is 0 Å². The number of aliphatic hydroxyl groups excluding tert-OH is 1. The standard InChI is InChI=1S/C7H10F5NO3/c1-16-3-4(14)2-13-5(15)6(8,9)7(10,11)12/h4,14H,2-3H2,1H3,(H,13,15). The van der Waals surface area contributed by atoms with Crippen LogP contribution in [0.1, 0.15) is 0 Å². The van der Waals surface area contributed by atoms with Crippen molar-refractivity contribution in [1.29, 1.82) is 0 Å². The molecule has 0 radical (unpaired) electrons. The van der Waals surface area contributed by atoms with E-state index < -0.39 is 30.7 Å². The lowest BCUT2D eigenvalue weighted by molar-refractivity contribution is -0.269. The molecule has 1 atom stereocenters. The van der Waals surface area contributed by atoms with Gasteiger partial charge in [-0.3, -0.25) is 4.79 Å². The van der Waals surface area contributed by atoms with Crippen LogP contribution in [-0.2, 0) is 9.53 Å². The molecule has 0 spiro atoms. The molecule has 1 unspecified atom stereocenters. The number of alkyl halides is 5. The van der Waals surface area contributed by atoms with Gasteiger partial charge in [0.05, 0.1) is 12.7 Å². The summed E-state index contributed by atoms with van der Waals surface area (Å²) in [6, 6.07) is 0. The van der Waals surface area contributed by atoms with Crippen LogP contribution < -0.4 is 5.32 Å². The van der Waals surface area contributed by atoms with Crippen LogP contribution in [0.3, 0.4) is 0 Å². The van der Waals surface area contributed by atoms with Gasteiger partial charge in [-0.15, -0.1) is 0 Å². The van der Waals surface area contributed by atoms with Gasteiger partial charge >= 0.3 is 12.1 Å². The molecule has 0 fully saturated rings. The fourth-order valence-electron chi connectivity index (χ4n) is 0.702. The second-order valence-electron chi connectivity index (χ2n) is 2.89. The molecule has 0 aliphatic rings. The highest BCUT2D eigenvalue weighted by Gasteiger charge is 2.63. The first-order valence-corrected chi connectivity index (χ1v) is 4.02. The summed E-state index contributed by atoms with van der Waals surface area (Å²) in [6.07, 6.45) is -7.30. The van der Waals surface area contributed by atoms with E-state index in [4.69, 9.17) is 5.11 Å². The van der Waals surface area contributed by atoms with Gasteiger partial charge in [0, 0.05) is 13.7 Å². The maximum atomic E-state index is 12.3. The van der Waals surface area contributed by atoms with E-state index in [1.807, 2.05) is 0 Å². The van der Waals surface area contributed by atoms with Crippen molar-refractivity contribution in [3.63, 3.8) is 0 Å².